The molecule has 0 radical (unpaired) electrons. The second kappa shape index (κ2) is 12.9. The quantitative estimate of drug-likeness (QED) is 0.165. The zero-order valence-corrected chi connectivity index (χ0v) is 31.4. The Bertz CT molecular complexity index is 3490. The molecule has 0 spiro atoms. The van der Waals surface area contributed by atoms with Gasteiger partial charge < -0.3 is 9.13 Å². The lowest BCUT2D eigenvalue weighted by Crippen LogP contribution is -1.98. The monoisotopic (exact) mass is 738 g/mol. The first kappa shape index (κ1) is 32.4. The van der Waals surface area contributed by atoms with Crippen molar-refractivity contribution >= 4 is 65.2 Å². The molecule has 0 saturated heterocycles. The average Bonchev–Trinajstić information content (AvgIpc) is 3.83. The number of rotatable bonds is 5. The van der Waals surface area contributed by atoms with Gasteiger partial charge in [-0.15, -0.1) is 0 Å². The van der Waals surface area contributed by atoms with Crippen molar-refractivity contribution in [3.05, 3.63) is 206 Å². The van der Waals surface area contributed by atoms with Gasteiger partial charge in [0.25, 0.3) is 0 Å². The number of benzene rings is 9. The Balaban J connectivity index is 1.10. The number of aromatic nitrogens is 4. The Labute approximate surface area is 334 Å². The second-order valence-corrected chi connectivity index (χ2v) is 15.0. The fourth-order valence-corrected chi connectivity index (χ4v) is 9.15. The zero-order chi connectivity index (χ0) is 38.2. The molecule has 0 saturated carbocycles. The molecule has 0 atom stereocenters. The summed E-state index contributed by atoms with van der Waals surface area (Å²) < 4.78 is 4.83. The lowest BCUT2D eigenvalue weighted by molar-refractivity contribution is 1.16. The maximum atomic E-state index is 5.18. The van der Waals surface area contributed by atoms with Gasteiger partial charge in [0.1, 0.15) is 0 Å². The predicted molar refractivity (Wildman–Crippen MR) is 242 cm³/mol. The zero-order valence-electron chi connectivity index (χ0n) is 31.4. The third-order valence-corrected chi connectivity index (χ3v) is 11.7. The van der Waals surface area contributed by atoms with E-state index in [0.29, 0.717) is 5.82 Å². The van der Waals surface area contributed by atoms with Crippen LogP contribution in [0.15, 0.2) is 206 Å². The molecule has 0 bridgehead atoms. The standard InChI is InChI=1S/C54H34N4/c1-4-15-35(16-5-1)47-34-48(36-17-6-2-7-18-36)56-54(55-47)37-19-14-22-39(33-37)58-49-25-12-10-23-42(49)45-29-27-41-40-31-32-51-52(43(40)28-30-44(41)53(45)58)46-24-11-13-26-50(46)57(51)38-20-8-3-9-21-38/h1-34H. The molecule has 0 aliphatic heterocycles. The first-order chi connectivity index (χ1) is 28.8. The van der Waals surface area contributed by atoms with Crippen molar-refractivity contribution in [1.29, 1.82) is 0 Å². The van der Waals surface area contributed by atoms with Crippen molar-refractivity contribution in [2.24, 2.45) is 0 Å². The molecule has 12 rings (SSSR count). The highest BCUT2D eigenvalue weighted by Gasteiger charge is 2.20. The molecule has 0 fully saturated rings. The minimum atomic E-state index is 0.692. The molecule has 4 heteroatoms. The molecule has 0 aliphatic rings. The van der Waals surface area contributed by atoms with E-state index in [1.807, 2.05) is 12.1 Å². The van der Waals surface area contributed by atoms with E-state index in [9.17, 15) is 0 Å². The predicted octanol–water partition coefficient (Wildman–Crippen LogP) is 14.0. The van der Waals surface area contributed by atoms with Gasteiger partial charge in [-0.2, -0.15) is 0 Å². The average molecular weight is 739 g/mol. The SMILES string of the molecule is c1ccc(-c2cc(-c3ccccc3)nc(-c3cccc(-n4c5ccccc5c5ccc6c7ccc8c(c7ccc6c54)c4ccccc4n8-c4ccccc4)c3)n2)cc1. The molecule has 3 heterocycles. The van der Waals surface area contributed by atoms with Crippen LogP contribution in [-0.4, -0.2) is 19.1 Å². The van der Waals surface area contributed by atoms with Crippen LogP contribution in [0.2, 0.25) is 0 Å². The second-order valence-electron chi connectivity index (χ2n) is 15.0. The molecular formula is C54H34N4. The molecular weight excluding hydrogens is 705 g/mol. The first-order valence-corrected chi connectivity index (χ1v) is 19.8. The Kier molecular flexibility index (Phi) is 7.20. The summed E-state index contributed by atoms with van der Waals surface area (Å²) >= 11 is 0. The highest BCUT2D eigenvalue weighted by Crippen LogP contribution is 2.43. The minimum absolute atomic E-state index is 0.692. The van der Waals surface area contributed by atoms with Crippen LogP contribution < -0.4 is 0 Å². The van der Waals surface area contributed by atoms with Crippen LogP contribution in [0.3, 0.4) is 0 Å². The van der Waals surface area contributed by atoms with Crippen LogP contribution in [0, 0.1) is 0 Å². The Hall–Kier alpha value is -7.82. The Morgan fingerprint density at radius 1 is 0.293 bits per heavy atom. The Morgan fingerprint density at radius 3 is 1.50 bits per heavy atom. The van der Waals surface area contributed by atoms with Crippen molar-refractivity contribution in [2.75, 3.05) is 0 Å². The maximum Gasteiger partial charge on any atom is 0.160 e. The van der Waals surface area contributed by atoms with Crippen molar-refractivity contribution in [2.45, 2.75) is 0 Å². The van der Waals surface area contributed by atoms with Crippen molar-refractivity contribution in [3.8, 4) is 45.3 Å². The van der Waals surface area contributed by atoms with E-state index in [4.69, 9.17) is 9.97 Å². The van der Waals surface area contributed by atoms with Crippen molar-refractivity contribution < 1.29 is 0 Å². The summed E-state index contributed by atoms with van der Waals surface area (Å²) in [5, 5.41) is 9.93. The van der Waals surface area contributed by atoms with Crippen LogP contribution in [0.4, 0.5) is 0 Å². The fourth-order valence-electron chi connectivity index (χ4n) is 9.15. The molecule has 0 aliphatic carbocycles. The highest BCUT2D eigenvalue weighted by molar-refractivity contribution is 6.29. The molecule has 3 aromatic heterocycles. The van der Waals surface area contributed by atoms with E-state index in [0.717, 1.165) is 45.0 Å². The lowest BCUT2D eigenvalue weighted by Gasteiger charge is -2.14. The van der Waals surface area contributed by atoms with E-state index in [-0.39, 0.29) is 0 Å². The van der Waals surface area contributed by atoms with Crippen molar-refractivity contribution in [1.82, 2.24) is 19.1 Å². The smallest absolute Gasteiger partial charge is 0.160 e. The minimum Gasteiger partial charge on any atom is -0.309 e. The van der Waals surface area contributed by atoms with Gasteiger partial charge in [-0.3, -0.25) is 0 Å². The van der Waals surface area contributed by atoms with Gasteiger partial charge in [0.15, 0.2) is 5.82 Å². The van der Waals surface area contributed by atoms with E-state index in [1.165, 1.54) is 59.6 Å². The third kappa shape index (κ3) is 4.95. The lowest BCUT2D eigenvalue weighted by atomic mass is 9.96. The molecule has 4 nitrogen and oxygen atoms in total. The van der Waals surface area contributed by atoms with E-state index in [2.05, 4.69) is 203 Å². The van der Waals surface area contributed by atoms with Gasteiger partial charge in [-0.25, -0.2) is 9.97 Å². The van der Waals surface area contributed by atoms with Gasteiger partial charge in [-0.05, 0) is 64.7 Å². The summed E-state index contributed by atoms with van der Waals surface area (Å²) in [5.41, 5.74) is 11.9. The summed E-state index contributed by atoms with van der Waals surface area (Å²) in [6.07, 6.45) is 0. The first-order valence-electron chi connectivity index (χ1n) is 19.8. The summed E-state index contributed by atoms with van der Waals surface area (Å²) in [4.78, 5) is 10.4. The summed E-state index contributed by atoms with van der Waals surface area (Å²) in [6, 6.07) is 73.7. The topological polar surface area (TPSA) is 35.6 Å². The van der Waals surface area contributed by atoms with Gasteiger partial charge in [-0.1, -0.05) is 158 Å². The van der Waals surface area contributed by atoms with E-state index >= 15 is 0 Å². The van der Waals surface area contributed by atoms with Crippen LogP contribution >= 0.6 is 0 Å². The molecule has 270 valence electrons. The molecule has 9 aromatic carbocycles. The molecule has 12 aromatic rings. The number of fused-ring (bicyclic) bond motifs is 11. The number of hydrogen-bond donors (Lipinski definition) is 0. The number of para-hydroxylation sites is 3. The van der Waals surface area contributed by atoms with Gasteiger partial charge >= 0.3 is 0 Å². The maximum absolute atomic E-state index is 5.18. The van der Waals surface area contributed by atoms with Crippen molar-refractivity contribution in [3.63, 3.8) is 0 Å². The molecule has 58 heavy (non-hydrogen) atoms. The fraction of sp³-hybridized carbons (Fsp3) is 0. The molecule has 0 unspecified atom stereocenters. The van der Waals surface area contributed by atoms with E-state index < -0.39 is 0 Å². The third-order valence-electron chi connectivity index (χ3n) is 11.7. The normalized spacial score (nSPS) is 11.8. The summed E-state index contributed by atoms with van der Waals surface area (Å²) in [5.74, 6) is 0.692. The number of hydrogen-bond acceptors (Lipinski definition) is 2. The van der Waals surface area contributed by atoms with E-state index in [1.54, 1.807) is 0 Å². The van der Waals surface area contributed by atoms with Crippen LogP contribution in [0.5, 0.6) is 0 Å². The summed E-state index contributed by atoms with van der Waals surface area (Å²) in [6.45, 7) is 0. The Morgan fingerprint density at radius 2 is 0.793 bits per heavy atom. The molecule has 0 amide bonds. The highest BCUT2D eigenvalue weighted by atomic mass is 15.0. The molecule has 0 N–H and O–H groups in total. The van der Waals surface area contributed by atoms with Crippen LogP contribution in [0.1, 0.15) is 0 Å². The largest absolute Gasteiger partial charge is 0.309 e. The van der Waals surface area contributed by atoms with Gasteiger partial charge in [0.05, 0.1) is 33.5 Å². The van der Waals surface area contributed by atoms with Crippen LogP contribution in [0.25, 0.3) is 110 Å². The number of nitrogens with zero attached hydrogens (tertiary/aromatic N) is 4. The summed E-state index contributed by atoms with van der Waals surface area (Å²) in [7, 11) is 0. The van der Waals surface area contributed by atoms with Gasteiger partial charge in [0, 0.05) is 55.0 Å². The van der Waals surface area contributed by atoms with Crippen LogP contribution in [-0.2, 0) is 0 Å². The van der Waals surface area contributed by atoms with Gasteiger partial charge in [0.2, 0.25) is 0 Å².